The zero-order valence-electron chi connectivity index (χ0n) is 26.5. The minimum absolute atomic E-state index is 0.908. The largest absolute Gasteiger partial charge is 0.456 e. The van der Waals surface area contributed by atoms with E-state index in [9.17, 15) is 0 Å². The first-order valence-corrected chi connectivity index (χ1v) is 16.2. The lowest BCUT2D eigenvalue weighted by Crippen LogP contribution is -2.18. The van der Waals surface area contributed by atoms with Gasteiger partial charge in [-0.2, -0.15) is 0 Å². The number of hydrogen-bond acceptors (Lipinski definition) is 2. The van der Waals surface area contributed by atoms with Gasteiger partial charge in [-0.25, -0.2) is 0 Å². The zero-order valence-corrected chi connectivity index (χ0v) is 26.5. The molecule has 0 saturated heterocycles. The Balaban J connectivity index is 0.00000153. The van der Waals surface area contributed by atoms with Crippen molar-refractivity contribution in [3.63, 3.8) is 0 Å². The summed E-state index contributed by atoms with van der Waals surface area (Å²) in [6.07, 6.45) is 4.19. The molecule has 2 nitrogen and oxygen atoms in total. The van der Waals surface area contributed by atoms with Gasteiger partial charge in [0.25, 0.3) is 0 Å². The average Bonchev–Trinajstić information content (AvgIpc) is 3.68. The fraction of sp³-hybridized carbons (Fsp3) is 0.0909. The average molecular weight is 595 g/mol. The van der Waals surface area contributed by atoms with Gasteiger partial charge >= 0.3 is 0 Å². The molecule has 0 fully saturated rings. The van der Waals surface area contributed by atoms with Crippen molar-refractivity contribution in [3.8, 4) is 22.3 Å². The molecule has 0 aliphatic heterocycles. The Bertz CT molecular complexity index is 2740. The second-order valence-electron chi connectivity index (χ2n) is 11.5. The molecular weight excluding hydrogens is 560 g/mol. The van der Waals surface area contributed by atoms with E-state index in [4.69, 9.17) is 8.83 Å². The van der Waals surface area contributed by atoms with Crippen LogP contribution in [-0.2, 0) is 0 Å². The van der Waals surface area contributed by atoms with Gasteiger partial charge in [0.1, 0.15) is 22.2 Å². The van der Waals surface area contributed by atoms with Crippen LogP contribution in [-0.4, -0.2) is 0 Å². The van der Waals surface area contributed by atoms with Crippen molar-refractivity contribution >= 4 is 77.4 Å². The zero-order chi connectivity index (χ0) is 31.4. The fourth-order valence-electron chi connectivity index (χ4n) is 7.24. The van der Waals surface area contributed by atoms with Crippen molar-refractivity contribution < 1.29 is 8.83 Å². The van der Waals surface area contributed by atoms with Crippen LogP contribution < -0.4 is 10.6 Å². The van der Waals surface area contributed by atoms with Gasteiger partial charge in [-0.3, -0.25) is 0 Å². The maximum Gasteiger partial charge on any atom is 0.135 e. The highest BCUT2D eigenvalue weighted by molar-refractivity contribution is 6.28. The Morgan fingerprint density at radius 2 is 1.02 bits per heavy atom. The lowest BCUT2D eigenvalue weighted by molar-refractivity contribution is 0.575. The van der Waals surface area contributed by atoms with Crippen molar-refractivity contribution in [2.45, 2.75) is 27.7 Å². The fourth-order valence-corrected chi connectivity index (χ4v) is 7.24. The van der Waals surface area contributed by atoms with Gasteiger partial charge in [0, 0.05) is 21.4 Å². The van der Waals surface area contributed by atoms with Crippen LogP contribution in [0.1, 0.15) is 27.7 Å². The molecule has 2 aromatic heterocycles. The summed E-state index contributed by atoms with van der Waals surface area (Å²) in [5.74, 6) is 0. The number of hydrogen-bond donors (Lipinski definition) is 0. The molecule has 222 valence electrons. The maximum atomic E-state index is 6.22. The van der Waals surface area contributed by atoms with Gasteiger partial charge in [0.2, 0.25) is 0 Å². The number of fused-ring (bicyclic) bond motifs is 8. The molecule has 0 unspecified atom stereocenters. The van der Waals surface area contributed by atoms with E-state index in [1.807, 2.05) is 39.0 Å². The highest BCUT2D eigenvalue weighted by atomic mass is 16.3. The van der Waals surface area contributed by atoms with Crippen molar-refractivity contribution in [1.82, 2.24) is 0 Å². The third-order valence-corrected chi connectivity index (χ3v) is 9.17. The van der Waals surface area contributed by atoms with E-state index in [-0.39, 0.29) is 0 Å². The van der Waals surface area contributed by atoms with E-state index in [1.54, 1.807) is 0 Å². The topological polar surface area (TPSA) is 26.3 Å². The van der Waals surface area contributed by atoms with Gasteiger partial charge in [0.15, 0.2) is 0 Å². The minimum atomic E-state index is 0.908. The summed E-state index contributed by atoms with van der Waals surface area (Å²) in [5.41, 5.74) is 8.50. The first kappa shape index (κ1) is 27.9. The molecule has 2 heteroatoms. The van der Waals surface area contributed by atoms with E-state index in [0.717, 1.165) is 43.5 Å². The smallest absolute Gasteiger partial charge is 0.135 e. The summed E-state index contributed by atoms with van der Waals surface area (Å²) >= 11 is 0. The molecule has 7 aromatic carbocycles. The van der Waals surface area contributed by atoms with Crippen molar-refractivity contribution in [1.29, 1.82) is 0 Å². The van der Waals surface area contributed by atoms with E-state index >= 15 is 0 Å². The van der Waals surface area contributed by atoms with E-state index < -0.39 is 0 Å². The van der Waals surface area contributed by atoms with Crippen LogP contribution in [0.4, 0.5) is 0 Å². The Kier molecular flexibility index (Phi) is 6.73. The normalized spacial score (nSPS) is 12.6. The van der Waals surface area contributed by atoms with Crippen LogP contribution in [0.15, 0.2) is 130 Å². The Labute approximate surface area is 267 Å². The second kappa shape index (κ2) is 11.1. The number of furan rings is 2. The van der Waals surface area contributed by atoms with Crippen molar-refractivity contribution in [2.75, 3.05) is 0 Å². The van der Waals surface area contributed by atoms with Gasteiger partial charge < -0.3 is 8.83 Å². The highest BCUT2D eigenvalue weighted by Gasteiger charge is 2.20. The summed E-state index contributed by atoms with van der Waals surface area (Å²) in [5, 5.41) is 12.0. The Morgan fingerprint density at radius 3 is 1.76 bits per heavy atom. The van der Waals surface area contributed by atoms with Gasteiger partial charge in [-0.05, 0) is 105 Å². The molecule has 0 aliphatic carbocycles. The number of para-hydroxylation sites is 1. The van der Waals surface area contributed by atoms with E-state index in [2.05, 4.69) is 122 Å². The summed E-state index contributed by atoms with van der Waals surface area (Å²) in [6, 6.07) is 43.8. The van der Waals surface area contributed by atoms with Gasteiger partial charge in [-0.15, -0.1) is 0 Å². The predicted octanol–water partition coefficient (Wildman–Crippen LogP) is 11.8. The number of benzene rings is 7. The molecule has 0 radical (unpaired) electrons. The Hall–Kier alpha value is -5.60. The Morgan fingerprint density at radius 1 is 0.435 bits per heavy atom. The summed E-state index contributed by atoms with van der Waals surface area (Å²) in [7, 11) is 0. The van der Waals surface area contributed by atoms with Crippen LogP contribution in [0.3, 0.4) is 0 Å². The second-order valence-corrected chi connectivity index (χ2v) is 11.5. The first-order chi connectivity index (χ1) is 22.7. The van der Waals surface area contributed by atoms with Gasteiger partial charge in [0.05, 0.1) is 0 Å². The standard InChI is InChI=1S/C42H28O2.C2H6/c1-3-28-34-24-27(19-22-38(34)43-36(28)4-2)41-32-15-8-7-14-31(32)40(33-20-17-25-11-5-6-12-29(25)42(33)41)26-18-21-39-35(23-26)30-13-9-10-16-37(30)44-39;1-2/h3-24H,1-2H3;1-2H3/b28-3-,36-4+;. The van der Waals surface area contributed by atoms with Crippen LogP contribution >= 0.6 is 0 Å². The molecule has 9 aromatic rings. The van der Waals surface area contributed by atoms with Gasteiger partial charge in [-0.1, -0.05) is 111 Å². The van der Waals surface area contributed by atoms with Crippen LogP contribution in [0.5, 0.6) is 0 Å². The highest BCUT2D eigenvalue weighted by Crippen LogP contribution is 2.47. The molecule has 2 heterocycles. The molecule has 46 heavy (non-hydrogen) atoms. The lowest BCUT2D eigenvalue weighted by Gasteiger charge is -2.19. The molecule has 9 rings (SSSR count). The molecule has 0 saturated carbocycles. The quantitative estimate of drug-likeness (QED) is 0.147. The molecule has 0 N–H and O–H groups in total. The van der Waals surface area contributed by atoms with E-state index in [0.29, 0.717) is 0 Å². The third kappa shape index (κ3) is 4.10. The van der Waals surface area contributed by atoms with Crippen LogP contribution in [0.2, 0.25) is 0 Å². The third-order valence-electron chi connectivity index (χ3n) is 9.17. The van der Waals surface area contributed by atoms with Crippen molar-refractivity contribution in [2.24, 2.45) is 0 Å². The van der Waals surface area contributed by atoms with Crippen molar-refractivity contribution in [3.05, 3.63) is 132 Å². The monoisotopic (exact) mass is 594 g/mol. The molecule has 0 spiro atoms. The van der Waals surface area contributed by atoms with Crippen LogP contribution in [0, 0.1) is 0 Å². The predicted molar refractivity (Wildman–Crippen MR) is 198 cm³/mol. The molecule has 0 aliphatic rings. The molecular formula is C44H34O2. The summed E-state index contributed by atoms with van der Waals surface area (Å²) in [6.45, 7) is 8.11. The maximum absolute atomic E-state index is 6.22. The number of rotatable bonds is 2. The SMILES string of the molecule is C/C=c1\c(=C/C)oc2ccc(-c3c4ccccc4c(-c4ccc5oc6ccccc6c5c4)c4ccc5ccccc5c34)cc12.CC. The molecule has 0 atom stereocenters. The first-order valence-electron chi connectivity index (χ1n) is 16.2. The molecule has 0 bridgehead atoms. The van der Waals surface area contributed by atoms with E-state index in [1.165, 1.54) is 54.6 Å². The lowest BCUT2D eigenvalue weighted by atomic mass is 9.83. The molecule has 0 amide bonds. The van der Waals surface area contributed by atoms with Crippen LogP contribution in [0.25, 0.3) is 99.6 Å². The minimum Gasteiger partial charge on any atom is -0.456 e. The summed E-state index contributed by atoms with van der Waals surface area (Å²) in [4.78, 5) is 0. The summed E-state index contributed by atoms with van der Waals surface area (Å²) < 4.78 is 12.4.